The third-order valence-corrected chi connectivity index (χ3v) is 6.18. The van der Waals surface area contributed by atoms with Crippen LogP contribution in [-0.2, 0) is 15.4 Å². The first-order chi connectivity index (χ1) is 9.09. The molecular weight excluding hydrogens is 260 g/mol. The van der Waals surface area contributed by atoms with E-state index < -0.39 is 10.0 Å². The Labute approximate surface area is 114 Å². The topological polar surface area (TPSA) is 49.4 Å². The highest BCUT2D eigenvalue weighted by molar-refractivity contribution is 7.92. The van der Waals surface area contributed by atoms with Crippen LogP contribution in [0.15, 0.2) is 24.3 Å². The summed E-state index contributed by atoms with van der Waals surface area (Å²) in [5.41, 5.74) is 2.13. The van der Waals surface area contributed by atoms with Crippen molar-refractivity contribution in [2.75, 3.05) is 29.7 Å². The Bertz CT molecular complexity index is 577. The van der Waals surface area contributed by atoms with Gasteiger partial charge in [-0.1, -0.05) is 18.2 Å². The van der Waals surface area contributed by atoms with E-state index in [-0.39, 0.29) is 11.2 Å². The monoisotopic (exact) mass is 280 g/mol. The summed E-state index contributed by atoms with van der Waals surface area (Å²) in [5.74, 6) is 0.162. The van der Waals surface area contributed by atoms with Crippen molar-refractivity contribution >= 4 is 15.7 Å². The van der Waals surface area contributed by atoms with Crippen molar-refractivity contribution in [2.45, 2.75) is 25.2 Å². The number of hydrogen-bond acceptors (Lipinski definition) is 3. The standard InChI is InChI=1S/C14H20N2O2S/c1-2-19(17,18)16-11-14(7-9-15-10-8-14)12-5-3-4-6-13(12)16/h3-6,15H,2,7-11H2,1H3. The van der Waals surface area contributed by atoms with Crippen molar-refractivity contribution in [1.29, 1.82) is 0 Å². The molecular formula is C14H20N2O2S. The van der Waals surface area contributed by atoms with Gasteiger partial charge >= 0.3 is 0 Å². The maximum absolute atomic E-state index is 12.3. The Morgan fingerprint density at radius 1 is 1.26 bits per heavy atom. The highest BCUT2D eigenvalue weighted by atomic mass is 32.2. The summed E-state index contributed by atoms with van der Waals surface area (Å²) >= 11 is 0. The molecule has 4 nitrogen and oxygen atoms in total. The first-order valence-electron chi connectivity index (χ1n) is 6.90. The summed E-state index contributed by atoms with van der Waals surface area (Å²) in [7, 11) is -3.17. The molecule has 0 bridgehead atoms. The number of sulfonamides is 1. The zero-order valence-electron chi connectivity index (χ0n) is 11.2. The number of benzene rings is 1. The van der Waals surface area contributed by atoms with Crippen LogP contribution in [0.2, 0.25) is 0 Å². The Hall–Kier alpha value is -1.07. The van der Waals surface area contributed by atoms with Gasteiger partial charge < -0.3 is 5.32 Å². The number of rotatable bonds is 2. The molecule has 0 radical (unpaired) electrons. The SMILES string of the molecule is CCS(=O)(=O)N1CC2(CCNCC2)c2ccccc21. The Balaban J connectivity index is 2.10. The molecule has 19 heavy (non-hydrogen) atoms. The van der Waals surface area contributed by atoms with Gasteiger partial charge in [0.1, 0.15) is 0 Å². The van der Waals surface area contributed by atoms with Gasteiger partial charge in [-0.15, -0.1) is 0 Å². The van der Waals surface area contributed by atoms with Crippen molar-refractivity contribution in [3.05, 3.63) is 29.8 Å². The second-order valence-corrected chi connectivity index (χ2v) is 7.64. The van der Waals surface area contributed by atoms with Crippen LogP contribution >= 0.6 is 0 Å². The summed E-state index contributed by atoms with van der Waals surface area (Å²) in [4.78, 5) is 0. The van der Waals surface area contributed by atoms with Crippen LogP contribution in [0.4, 0.5) is 5.69 Å². The maximum atomic E-state index is 12.3. The minimum Gasteiger partial charge on any atom is -0.317 e. The van der Waals surface area contributed by atoms with E-state index in [1.54, 1.807) is 11.2 Å². The molecule has 2 heterocycles. The van der Waals surface area contributed by atoms with Crippen LogP contribution in [0.25, 0.3) is 0 Å². The van der Waals surface area contributed by atoms with Crippen molar-refractivity contribution in [1.82, 2.24) is 5.32 Å². The molecule has 1 fully saturated rings. The average Bonchev–Trinajstić information content (AvgIpc) is 2.76. The van der Waals surface area contributed by atoms with Crippen molar-refractivity contribution in [3.8, 4) is 0 Å². The summed E-state index contributed by atoms with van der Waals surface area (Å²) in [5, 5.41) is 3.37. The fraction of sp³-hybridized carbons (Fsp3) is 0.571. The molecule has 1 spiro atoms. The van der Waals surface area contributed by atoms with Crippen LogP contribution in [0.5, 0.6) is 0 Å². The molecule has 1 aromatic rings. The minimum atomic E-state index is -3.17. The number of anilines is 1. The molecule has 0 saturated carbocycles. The van der Waals surface area contributed by atoms with E-state index in [2.05, 4.69) is 11.4 Å². The van der Waals surface area contributed by atoms with Crippen LogP contribution in [0, 0.1) is 0 Å². The molecule has 0 amide bonds. The number of hydrogen-bond donors (Lipinski definition) is 1. The molecule has 1 saturated heterocycles. The van der Waals surface area contributed by atoms with Crippen LogP contribution < -0.4 is 9.62 Å². The van der Waals surface area contributed by atoms with Crippen LogP contribution in [0.3, 0.4) is 0 Å². The quantitative estimate of drug-likeness (QED) is 0.892. The average molecular weight is 280 g/mol. The zero-order valence-corrected chi connectivity index (χ0v) is 12.0. The van der Waals surface area contributed by atoms with Gasteiger partial charge in [0.05, 0.1) is 11.4 Å². The zero-order chi connectivity index (χ0) is 13.5. The van der Waals surface area contributed by atoms with E-state index in [1.807, 2.05) is 18.2 Å². The first-order valence-corrected chi connectivity index (χ1v) is 8.51. The Morgan fingerprint density at radius 3 is 2.63 bits per heavy atom. The normalized spacial score (nSPS) is 21.6. The second kappa shape index (κ2) is 4.49. The molecule has 3 rings (SSSR count). The lowest BCUT2D eigenvalue weighted by atomic mass is 9.75. The molecule has 104 valence electrons. The van der Waals surface area contributed by atoms with Crippen LogP contribution in [-0.4, -0.2) is 33.8 Å². The smallest absolute Gasteiger partial charge is 0.234 e. The van der Waals surface area contributed by atoms with Crippen molar-refractivity contribution in [3.63, 3.8) is 0 Å². The van der Waals surface area contributed by atoms with Gasteiger partial charge in [-0.05, 0) is 44.5 Å². The Kier molecular flexibility index (Phi) is 3.06. The van der Waals surface area contributed by atoms with E-state index in [0.717, 1.165) is 31.6 Å². The Morgan fingerprint density at radius 2 is 1.95 bits per heavy atom. The molecule has 1 N–H and O–H groups in total. The lowest BCUT2D eigenvalue weighted by molar-refractivity contribution is 0.330. The summed E-state index contributed by atoms with van der Waals surface area (Å²) in [6, 6.07) is 7.99. The van der Waals surface area contributed by atoms with Gasteiger partial charge in [0, 0.05) is 12.0 Å². The summed E-state index contributed by atoms with van der Waals surface area (Å²) in [6.45, 7) is 4.26. The van der Waals surface area contributed by atoms with E-state index in [1.165, 1.54) is 5.56 Å². The molecule has 0 atom stereocenters. The third-order valence-electron chi connectivity index (χ3n) is 4.45. The first kappa shape index (κ1) is 12.9. The van der Waals surface area contributed by atoms with E-state index >= 15 is 0 Å². The van der Waals surface area contributed by atoms with E-state index in [9.17, 15) is 8.42 Å². The highest BCUT2D eigenvalue weighted by Crippen LogP contribution is 2.46. The molecule has 0 aliphatic carbocycles. The number of nitrogens with zero attached hydrogens (tertiary/aromatic N) is 1. The molecule has 0 aromatic heterocycles. The predicted octanol–water partition coefficient (Wildman–Crippen LogP) is 1.48. The number of fused-ring (bicyclic) bond motifs is 2. The van der Waals surface area contributed by atoms with Gasteiger partial charge in [-0.3, -0.25) is 4.31 Å². The second-order valence-electron chi connectivity index (χ2n) is 5.45. The van der Waals surface area contributed by atoms with E-state index in [4.69, 9.17) is 0 Å². The lowest BCUT2D eigenvalue weighted by Gasteiger charge is -2.34. The highest BCUT2D eigenvalue weighted by Gasteiger charge is 2.46. The largest absolute Gasteiger partial charge is 0.317 e. The van der Waals surface area contributed by atoms with Gasteiger partial charge in [0.2, 0.25) is 10.0 Å². The van der Waals surface area contributed by atoms with Crippen molar-refractivity contribution in [2.24, 2.45) is 0 Å². The van der Waals surface area contributed by atoms with Gasteiger partial charge in [-0.25, -0.2) is 8.42 Å². The summed E-state index contributed by atoms with van der Waals surface area (Å²) < 4.78 is 26.2. The molecule has 1 aromatic carbocycles. The van der Waals surface area contributed by atoms with Gasteiger partial charge in [-0.2, -0.15) is 0 Å². The number of para-hydroxylation sites is 1. The molecule has 5 heteroatoms. The van der Waals surface area contributed by atoms with Gasteiger partial charge in [0.15, 0.2) is 0 Å². The minimum absolute atomic E-state index is 0.0179. The fourth-order valence-electron chi connectivity index (χ4n) is 3.32. The maximum Gasteiger partial charge on any atom is 0.234 e. The molecule has 2 aliphatic rings. The van der Waals surface area contributed by atoms with E-state index in [0.29, 0.717) is 6.54 Å². The summed E-state index contributed by atoms with van der Waals surface area (Å²) in [6.07, 6.45) is 2.03. The fourth-order valence-corrected chi connectivity index (χ4v) is 4.54. The number of piperidine rings is 1. The predicted molar refractivity (Wildman–Crippen MR) is 77.0 cm³/mol. The molecule has 2 aliphatic heterocycles. The third kappa shape index (κ3) is 1.96. The van der Waals surface area contributed by atoms with Gasteiger partial charge in [0.25, 0.3) is 0 Å². The lowest BCUT2D eigenvalue weighted by Crippen LogP contribution is -2.44. The number of nitrogens with one attached hydrogen (secondary N) is 1. The molecule has 0 unspecified atom stereocenters. The van der Waals surface area contributed by atoms with Crippen LogP contribution in [0.1, 0.15) is 25.3 Å². The van der Waals surface area contributed by atoms with Crippen molar-refractivity contribution < 1.29 is 8.42 Å².